The van der Waals surface area contributed by atoms with Gasteiger partial charge in [0, 0.05) is 6.07 Å². The molecule has 18 heavy (non-hydrogen) atoms. The van der Waals surface area contributed by atoms with E-state index in [-0.39, 0.29) is 24.0 Å². The van der Waals surface area contributed by atoms with Crippen molar-refractivity contribution in [3.8, 4) is 11.5 Å². The van der Waals surface area contributed by atoms with Crippen molar-refractivity contribution in [1.29, 1.82) is 0 Å². The molecule has 1 heterocycles. The summed E-state index contributed by atoms with van der Waals surface area (Å²) in [5.74, 6) is -0.825. The molecule has 0 saturated heterocycles. The van der Waals surface area contributed by atoms with E-state index in [1.54, 1.807) is 0 Å². The summed E-state index contributed by atoms with van der Waals surface area (Å²) < 4.78 is 10.1. The van der Waals surface area contributed by atoms with Crippen LogP contribution < -0.4 is 9.47 Å². The average Bonchev–Trinajstić information content (AvgIpc) is 2.74. The normalized spacial score (nSPS) is 13.4. The van der Waals surface area contributed by atoms with E-state index >= 15 is 0 Å². The van der Waals surface area contributed by atoms with Crippen LogP contribution in [0.1, 0.15) is 19.4 Å². The Morgan fingerprint density at radius 3 is 2.67 bits per heavy atom. The Bertz CT molecular complexity index is 537. The first-order valence-electron chi connectivity index (χ1n) is 5.16. The molecule has 1 aliphatic heterocycles. The molecule has 0 radical (unpaired) electrons. The lowest BCUT2D eigenvalue weighted by Crippen LogP contribution is -2.28. The molecule has 0 spiro atoms. The van der Waals surface area contributed by atoms with Crippen LogP contribution in [0.15, 0.2) is 12.1 Å². The molecule has 2 rings (SSSR count). The Hall–Kier alpha value is -2.31. The molecule has 7 heteroatoms. The summed E-state index contributed by atoms with van der Waals surface area (Å²) in [6, 6.07) is 2.67. The molecule has 0 aromatic heterocycles. The molecule has 0 atom stereocenters. The number of hydrogen-bond acceptors (Lipinski definition) is 5. The second-order valence-electron chi connectivity index (χ2n) is 4.42. The minimum Gasteiger partial charge on any atom is -0.481 e. The van der Waals surface area contributed by atoms with Crippen LogP contribution in [-0.2, 0) is 10.2 Å². The van der Waals surface area contributed by atoms with Crippen LogP contribution in [0.5, 0.6) is 11.5 Å². The van der Waals surface area contributed by atoms with Crippen molar-refractivity contribution in [1.82, 2.24) is 0 Å². The van der Waals surface area contributed by atoms with Crippen LogP contribution in [0, 0.1) is 10.1 Å². The molecular weight excluding hydrogens is 242 g/mol. The minimum atomic E-state index is -1.24. The van der Waals surface area contributed by atoms with E-state index < -0.39 is 16.3 Å². The van der Waals surface area contributed by atoms with Crippen molar-refractivity contribution in [2.75, 3.05) is 6.79 Å². The highest BCUT2D eigenvalue weighted by molar-refractivity contribution is 5.81. The van der Waals surface area contributed by atoms with Gasteiger partial charge in [0.15, 0.2) is 5.75 Å². The van der Waals surface area contributed by atoms with E-state index in [9.17, 15) is 14.9 Å². The number of nitro groups is 1. The number of carbonyl (C=O) groups is 1. The number of hydrogen-bond donors (Lipinski definition) is 1. The number of rotatable bonds is 3. The third-order valence-corrected chi connectivity index (χ3v) is 2.91. The fourth-order valence-electron chi connectivity index (χ4n) is 1.61. The molecular formula is C11H11NO6. The summed E-state index contributed by atoms with van der Waals surface area (Å²) >= 11 is 0. The van der Waals surface area contributed by atoms with E-state index in [1.165, 1.54) is 26.0 Å². The molecule has 7 nitrogen and oxygen atoms in total. The summed E-state index contributed by atoms with van der Waals surface area (Å²) in [4.78, 5) is 21.5. The summed E-state index contributed by atoms with van der Waals surface area (Å²) in [6.45, 7) is 2.83. The number of aliphatic carboxylic acids is 1. The molecule has 1 aliphatic rings. The van der Waals surface area contributed by atoms with Gasteiger partial charge in [-0.25, -0.2) is 0 Å². The van der Waals surface area contributed by atoms with Gasteiger partial charge in [0.1, 0.15) is 0 Å². The van der Waals surface area contributed by atoms with Crippen molar-refractivity contribution in [3.05, 3.63) is 27.8 Å². The SMILES string of the molecule is CC(C)(C(=O)O)c1cc2c(c([N+](=O)[O-])c1)OCO2. The molecule has 0 saturated carbocycles. The van der Waals surface area contributed by atoms with Gasteiger partial charge >= 0.3 is 11.7 Å². The van der Waals surface area contributed by atoms with E-state index in [4.69, 9.17) is 14.6 Å². The monoisotopic (exact) mass is 253 g/mol. The molecule has 1 aromatic rings. The lowest BCUT2D eigenvalue weighted by atomic mass is 9.84. The predicted molar refractivity (Wildman–Crippen MR) is 59.9 cm³/mol. The van der Waals surface area contributed by atoms with Crippen molar-refractivity contribution in [3.63, 3.8) is 0 Å². The number of benzene rings is 1. The zero-order chi connectivity index (χ0) is 13.5. The topological polar surface area (TPSA) is 98.9 Å². The molecule has 96 valence electrons. The third kappa shape index (κ3) is 1.73. The average molecular weight is 253 g/mol. The highest BCUT2D eigenvalue weighted by Crippen LogP contribution is 2.44. The highest BCUT2D eigenvalue weighted by atomic mass is 16.7. The largest absolute Gasteiger partial charge is 0.481 e. The number of ether oxygens (including phenoxy) is 2. The van der Waals surface area contributed by atoms with E-state index in [0.717, 1.165) is 0 Å². The highest BCUT2D eigenvalue weighted by Gasteiger charge is 2.35. The Kier molecular flexibility index (Phi) is 2.61. The summed E-state index contributed by atoms with van der Waals surface area (Å²) in [5, 5.41) is 20.1. The van der Waals surface area contributed by atoms with Gasteiger partial charge in [-0.1, -0.05) is 0 Å². The molecule has 0 amide bonds. The minimum absolute atomic E-state index is 0.0462. The van der Waals surface area contributed by atoms with Crippen molar-refractivity contribution in [2.45, 2.75) is 19.3 Å². The maximum atomic E-state index is 11.2. The van der Waals surface area contributed by atoms with Gasteiger partial charge in [-0.15, -0.1) is 0 Å². The molecule has 1 aromatic carbocycles. The maximum absolute atomic E-state index is 11.2. The van der Waals surface area contributed by atoms with Gasteiger partial charge in [0.25, 0.3) is 0 Å². The van der Waals surface area contributed by atoms with Crippen LogP contribution in [0.2, 0.25) is 0 Å². The fourth-order valence-corrected chi connectivity index (χ4v) is 1.61. The van der Waals surface area contributed by atoms with E-state index in [2.05, 4.69) is 0 Å². The van der Waals surface area contributed by atoms with Crippen molar-refractivity contribution < 1.29 is 24.3 Å². The number of nitrogens with zero attached hydrogens (tertiary/aromatic N) is 1. The smallest absolute Gasteiger partial charge is 0.315 e. The fraction of sp³-hybridized carbons (Fsp3) is 0.364. The van der Waals surface area contributed by atoms with Crippen LogP contribution in [0.4, 0.5) is 5.69 Å². The number of nitro benzene ring substituents is 1. The summed E-state index contributed by atoms with van der Waals surface area (Å²) in [6.07, 6.45) is 0. The van der Waals surface area contributed by atoms with Crippen LogP contribution in [0.3, 0.4) is 0 Å². The molecule has 0 aliphatic carbocycles. The number of fused-ring (bicyclic) bond motifs is 1. The first-order valence-corrected chi connectivity index (χ1v) is 5.16. The van der Waals surface area contributed by atoms with Gasteiger partial charge in [0.2, 0.25) is 12.5 Å². The summed E-state index contributed by atoms with van der Waals surface area (Å²) in [7, 11) is 0. The van der Waals surface area contributed by atoms with Gasteiger partial charge < -0.3 is 14.6 Å². The Labute approximate surface area is 102 Å². The van der Waals surface area contributed by atoms with Crippen LogP contribution in [0.25, 0.3) is 0 Å². The first kappa shape index (κ1) is 12.2. The third-order valence-electron chi connectivity index (χ3n) is 2.91. The standard InChI is InChI=1S/C11H11NO6/c1-11(2,10(13)14)6-3-7(12(15)16)9-8(4-6)17-5-18-9/h3-4H,5H2,1-2H3,(H,13,14). The Balaban J connectivity index is 2.62. The quantitative estimate of drug-likeness (QED) is 0.650. The number of carboxylic acids is 1. The second-order valence-corrected chi connectivity index (χ2v) is 4.42. The zero-order valence-corrected chi connectivity index (χ0v) is 9.80. The zero-order valence-electron chi connectivity index (χ0n) is 9.80. The van der Waals surface area contributed by atoms with E-state index in [0.29, 0.717) is 5.56 Å². The molecule has 0 fully saturated rings. The molecule has 1 N–H and O–H groups in total. The van der Waals surface area contributed by atoms with Crippen molar-refractivity contribution in [2.24, 2.45) is 0 Å². The number of carboxylic acid groups (broad SMARTS) is 1. The first-order chi connectivity index (χ1) is 8.34. The lowest BCUT2D eigenvalue weighted by Gasteiger charge is -2.19. The Morgan fingerprint density at radius 1 is 1.44 bits per heavy atom. The van der Waals surface area contributed by atoms with E-state index in [1.807, 2.05) is 0 Å². The molecule has 0 unspecified atom stereocenters. The van der Waals surface area contributed by atoms with Crippen molar-refractivity contribution >= 4 is 11.7 Å². The summed E-state index contributed by atoms with van der Waals surface area (Å²) in [5.41, 5.74) is -1.23. The predicted octanol–water partition coefficient (Wildman–Crippen LogP) is 1.69. The van der Waals surface area contributed by atoms with Crippen LogP contribution in [-0.4, -0.2) is 22.8 Å². The van der Waals surface area contributed by atoms with Crippen LogP contribution >= 0.6 is 0 Å². The van der Waals surface area contributed by atoms with Gasteiger partial charge in [-0.2, -0.15) is 0 Å². The maximum Gasteiger partial charge on any atom is 0.315 e. The Morgan fingerprint density at radius 2 is 2.11 bits per heavy atom. The molecule has 0 bridgehead atoms. The van der Waals surface area contributed by atoms with Gasteiger partial charge in [-0.05, 0) is 25.5 Å². The second kappa shape index (κ2) is 3.86. The lowest BCUT2D eigenvalue weighted by molar-refractivity contribution is -0.385. The van der Waals surface area contributed by atoms with Gasteiger partial charge in [-0.3, -0.25) is 14.9 Å². The van der Waals surface area contributed by atoms with Gasteiger partial charge in [0.05, 0.1) is 10.3 Å².